The molecule has 0 aliphatic carbocycles. The van der Waals surface area contributed by atoms with Crippen molar-refractivity contribution in [3.8, 4) is 12.3 Å². The number of terminal acetylenes is 1. The molecule has 0 heterocycles. The van der Waals surface area contributed by atoms with E-state index in [-0.39, 0.29) is 13.2 Å². The van der Waals surface area contributed by atoms with Crippen LogP contribution in [0.3, 0.4) is 0 Å². The second-order valence-electron chi connectivity index (χ2n) is 2.37. The number of hydrogen-bond donors (Lipinski definition) is 0. The number of phosphoric acid groups is 1. The van der Waals surface area contributed by atoms with E-state index in [1.54, 1.807) is 0 Å². The van der Waals surface area contributed by atoms with Gasteiger partial charge in [-0.05, 0) is 0 Å². The topological polar surface area (TPSA) is 88.1 Å². The van der Waals surface area contributed by atoms with Crippen LogP contribution in [-0.2, 0) is 32.4 Å². The van der Waals surface area contributed by atoms with Gasteiger partial charge in [0.05, 0.1) is 12.4 Å². The van der Waals surface area contributed by atoms with E-state index < -0.39 is 23.7 Å². The zero-order valence-corrected chi connectivity index (χ0v) is 10.6. The van der Waals surface area contributed by atoms with Gasteiger partial charge in [0.15, 0.2) is 0 Å². The first-order chi connectivity index (χ1) is 7.39. The van der Waals surface area contributed by atoms with E-state index in [1.165, 1.54) is 0 Å². The molecule has 0 aromatic heterocycles. The fourth-order valence-corrected chi connectivity index (χ4v) is 2.07. The average molecular weight is 272 g/mol. The fraction of sp³-hybridized carbons (Fsp3) is 0.714. The molecule has 16 heavy (non-hydrogen) atoms. The smallest absolute Gasteiger partial charge is 0.290 e. The monoisotopic (exact) mass is 272 g/mol. The Kier molecular flexibility index (Phi) is 6.83. The molecule has 9 heteroatoms. The summed E-state index contributed by atoms with van der Waals surface area (Å²) in [4.78, 5) is 0. The molecule has 0 rings (SSSR count). The molecular weight excluding hydrogens is 259 g/mol. The van der Waals surface area contributed by atoms with Gasteiger partial charge < -0.3 is 0 Å². The van der Waals surface area contributed by atoms with E-state index in [4.69, 9.17) is 6.42 Å². The van der Waals surface area contributed by atoms with Crippen molar-refractivity contribution >= 4 is 17.9 Å². The van der Waals surface area contributed by atoms with Crippen LogP contribution in [0.4, 0.5) is 0 Å². The van der Waals surface area contributed by atoms with Gasteiger partial charge in [0.25, 0.3) is 10.1 Å². The minimum atomic E-state index is -3.78. The van der Waals surface area contributed by atoms with Gasteiger partial charge in [-0.2, -0.15) is 8.42 Å². The summed E-state index contributed by atoms with van der Waals surface area (Å²) < 4.78 is 51.3. The summed E-state index contributed by atoms with van der Waals surface area (Å²) in [5, 5.41) is 0. The standard InChI is InChI=1S/C7H13O7PS/c1-4-5-14-16(9,10)7-6-13-15(8,11-2)12-3/h1H,5-7H2,2-3H3. The third-order valence-electron chi connectivity index (χ3n) is 1.35. The van der Waals surface area contributed by atoms with Crippen LogP contribution in [0, 0.1) is 12.3 Å². The minimum absolute atomic E-state index is 0.353. The summed E-state index contributed by atoms with van der Waals surface area (Å²) in [7, 11) is -5.20. The second kappa shape index (κ2) is 7.01. The minimum Gasteiger partial charge on any atom is -0.290 e. The molecule has 0 bridgehead atoms. The van der Waals surface area contributed by atoms with Gasteiger partial charge in [-0.1, -0.05) is 5.92 Å². The fourth-order valence-electron chi connectivity index (χ4n) is 0.614. The lowest BCUT2D eigenvalue weighted by Gasteiger charge is -2.12. The molecule has 0 atom stereocenters. The first-order valence-corrected chi connectivity index (χ1v) is 7.09. The average Bonchev–Trinajstić information content (AvgIpc) is 2.26. The Balaban J connectivity index is 4.08. The Hall–Kier alpha value is -0.420. The summed E-state index contributed by atoms with van der Waals surface area (Å²) in [5.41, 5.74) is 0. The number of rotatable bonds is 8. The largest absolute Gasteiger partial charge is 0.474 e. The normalized spacial score (nSPS) is 12.3. The van der Waals surface area contributed by atoms with Gasteiger partial charge in [-0.25, -0.2) is 4.57 Å². The van der Waals surface area contributed by atoms with Crippen molar-refractivity contribution < 1.29 is 30.7 Å². The van der Waals surface area contributed by atoms with Crippen molar-refractivity contribution in [2.75, 3.05) is 33.2 Å². The number of hydrogen-bond acceptors (Lipinski definition) is 7. The molecule has 0 saturated carbocycles. The van der Waals surface area contributed by atoms with Crippen molar-refractivity contribution in [2.45, 2.75) is 0 Å². The third-order valence-corrected chi connectivity index (χ3v) is 3.89. The van der Waals surface area contributed by atoms with E-state index >= 15 is 0 Å². The van der Waals surface area contributed by atoms with Gasteiger partial charge in [-0.3, -0.25) is 17.8 Å². The summed E-state index contributed by atoms with van der Waals surface area (Å²) >= 11 is 0. The number of phosphoric ester groups is 1. The molecule has 0 radical (unpaired) electrons. The van der Waals surface area contributed by atoms with Crippen LogP contribution in [0.5, 0.6) is 0 Å². The van der Waals surface area contributed by atoms with Crippen molar-refractivity contribution in [2.24, 2.45) is 0 Å². The Bertz CT molecular complexity index is 374. The highest BCUT2D eigenvalue weighted by molar-refractivity contribution is 7.86. The van der Waals surface area contributed by atoms with Gasteiger partial charge in [0.1, 0.15) is 6.61 Å². The molecular formula is C7H13O7PS. The van der Waals surface area contributed by atoms with Crippen molar-refractivity contribution in [3.05, 3.63) is 0 Å². The van der Waals surface area contributed by atoms with E-state index in [9.17, 15) is 13.0 Å². The van der Waals surface area contributed by atoms with Crippen molar-refractivity contribution in [1.82, 2.24) is 0 Å². The predicted octanol–water partition coefficient (Wildman–Crippen LogP) is 0.383. The van der Waals surface area contributed by atoms with Gasteiger partial charge >= 0.3 is 7.82 Å². The zero-order valence-electron chi connectivity index (χ0n) is 8.91. The Morgan fingerprint density at radius 3 is 2.31 bits per heavy atom. The summed E-state index contributed by atoms with van der Waals surface area (Å²) in [6.45, 7) is -0.736. The quantitative estimate of drug-likeness (QED) is 0.358. The van der Waals surface area contributed by atoms with Gasteiger partial charge in [-0.15, -0.1) is 6.42 Å². The maximum Gasteiger partial charge on any atom is 0.474 e. The summed E-state index contributed by atoms with van der Waals surface area (Å²) in [5.74, 6) is 1.51. The highest BCUT2D eigenvalue weighted by Gasteiger charge is 2.23. The predicted molar refractivity (Wildman–Crippen MR) is 56.1 cm³/mol. The molecule has 0 saturated heterocycles. The van der Waals surface area contributed by atoms with E-state index in [1.807, 2.05) is 5.92 Å². The van der Waals surface area contributed by atoms with E-state index in [0.29, 0.717) is 0 Å². The molecule has 0 aromatic carbocycles. The molecule has 0 N–H and O–H groups in total. The molecule has 0 amide bonds. The lowest BCUT2D eigenvalue weighted by Crippen LogP contribution is -2.15. The molecule has 0 aliphatic rings. The van der Waals surface area contributed by atoms with Crippen LogP contribution >= 0.6 is 7.82 Å². The Labute approximate surface area is 94.8 Å². The third kappa shape index (κ3) is 6.23. The Morgan fingerprint density at radius 2 is 1.88 bits per heavy atom. The lowest BCUT2D eigenvalue weighted by atomic mass is 10.8. The molecule has 0 spiro atoms. The first kappa shape index (κ1) is 15.6. The maximum atomic E-state index is 11.3. The van der Waals surface area contributed by atoms with Crippen LogP contribution in [-0.4, -0.2) is 41.6 Å². The summed E-state index contributed by atoms with van der Waals surface area (Å²) in [6.07, 6.45) is 4.82. The molecule has 0 aromatic rings. The second-order valence-corrected chi connectivity index (χ2v) is 6.02. The van der Waals surface area contributed by atoms with Crippen LogP contribution in [0.1, 0.15) is 0 Å². The molecule has 94 valence electrons. The van der Waals surface area contributed by atoms with E-state index in [0.717, 1.165) is 14.2 Å². The molecule has 0 aliphatic heterocycles. The lowest BCUT2D eigenvalue weighted by molar-refractivity contribution is 0.158. The van der Waals surface area contributed by atoms with Crippen molar-refractivity contribution in [3.63, 3.8) is 0 Å². The Morgan fingerprint density at radius 1 is 1.31 bits per heavy atom. The van der Waals surface area contributed by atoms with Crippen LogP contribution in [0.15, 0.2) is 0 Å². The highest BCUT2D eigenvalue weighted by atomic mass is 32.2. The molecule has 0 fully saturated rings. The van der Waals surface area contributed by atoms with Crippen LogP contribution in [0.2, 0.25) is 0 Å². The highest BCUT2D eigenvalue weighted by Crippen LogP contribution is 2.47. The SMILES string of the molecule is C#CCOS(=O)(=O)CCOP(=O)(OC)OC. The van der Waals surface area contributed by atoms with E-state index in [2.05, 4.69) is 17.8 Å². The van der Waals surface area contributed by atoms with Crippen LogP contribution < -0.4 is 0 Å². The first-order valence-electron chi connectivity index (χ1n) is 4.06. The van der Waals surface area contributed by atoms with Crippen molar-refractivity contribution in [1.29, 1.82) is 0 Å². The zero-order chi connectivity index (χ0) is 12.7. The van der Waals surface area contributed by atoms with Gasteiger partial charge in [0.2, 0.25) is 0 Å². The van der Waals surface area contributed by atoms with Gasteiger partial charge in [0, 0.05) is 14.2 Å². The van der Waals surface area contributed by atoms with Crippen LogP contribution in [0.25, 0.3) is 0 Å². The maximum absolute atomic E-state index is 11.3. The molecule has 7 nitrogen and oxygen atoms in total. The summed E-state index contributed by atoms with van der Waals surface area (Å²) in [6, 6.07) is 0. The molecule has 0 unspecified atom stereocenters.